The van der Waals surface area contributed by atoms with Gasteiger partial charge in [-0.25, -0.2) is 8.78 Å². The molecule has 0 fully saturated rings. The molecule has 2 rings (SSSR count). The van der Waals surface area contributed by atoms with Gasteiger partial charge in [0.15, 0.2) is 11.6 Å². The maximum absolute atomic E-state index is 13.4. The summed E-state index contributed by atoms with van der Waals surface area (Å²) >= 11 is 0. The van der Waals surface area contributed by atoms with Gasteiger partial charge >= 0.3 is 0 Å². The zero-order chi connectivity index (χ0) is 15.2. The van der Waals surface area contributed by atoms with E-state index in [2.05, 4.69) is 36.5 Å². The molecule has 0 aromatic heterocycles. The number of nitrogens with one attached hydrogen (secondary N) is 1. The van der Waals surface area contributed by atoms with Crippen LogP contribution in [0.5, 0.6) is 0 Å². The molecule has 0 heterocycles. The molecule has 0 aliphatic carbocycles. The minimum Gasteiger partial charge on any atom is -0.310 e. The molecule has 0 aliphatic rings. The Labute approximate surface area is 125 Å². The number of halogens is 2. The molecule has 1 atom stereocenters. The van der Waals surface area contributed by atoms with Crippen LogP contribution in [0.1, 0.15) is 36.6 Å². The Kier molecular flexibility index (Phi) is 5.45. The normalized spacial score (nSPS) is 12.4. The predicted molar refractivity (Wildman–Crippen MR) is 82.3 cm³/mol. The van der Waals surface area contributed by atoms with E-state index in [9.17, 15) is 8.78 Å². The van der Waals surface area contributed by atoms with Crippen molar-refractivity contribution < 1.29 is 8.78 Å². The Morgan fingerprint density at radius 1 is 0.905 bits per heavy atom. The van der Waals surface area contributed by atoms with Gasteiger partial charge < -0.3 is 5.32 Å². The minimum atomic E-state index is -0.804. The molecule has 0 amide bonds. The van der Waals surface area contributed by atoms with E-state index in [0.717, 1.165) is 24.9 Å². The van der Waals surface area contributed by atoms with E-state index in [1.807, 2.05) is 6.92 Å². The quantitative estimate of drug-likeness (QED) is 0.830. The topological polar surface area (TPSA) is 12.0 Å². The molecule has 2 aromatic carbocycles. The fraction of sp³-hybridized carbons (Fsp3) is 0.333. The Bertz CT molecular complexity index is 578. The minimum absolute atomic E-state index is 0.0161. The third-order valence-electron chi connectivity index (χ3n) is 3.67. The average molecular weight is 289 g/mol. The first-order valence-electron chi connectivity index (χ1n) is 7.40. The van der Waals surface area contributed by atoms with Crippen molar-refractivity contribution in [1.82, 2.24) is 5.32 Å². The van der Waals surface area contributed by atoms with Crippen LogP contribution in [0.4, 0.5) is 8.78 Å². The van der Waals surface area contributed by atoms with Crippen LogP contribution < -0.4 is 5.32 Å². The summed E-state index contributed by atoms with van der Waals surface area (Å²) in [5.41, 5.74) is 3.25. The molecule has 112 valence electrons. The van der Waals surface area contributed by atoms with Crippen molar-refractivity contribution in [3.05, 3.63) is 70.8 Å². The van der Waals surface area contributed by atoms with Crippen LogP contribution in [0.25, 0.3) is 0 Å². The predicted octanol–water partition coefficient (Wildman–Crippen LogP) is 4.42. The summed E-state index contributed by atoms with van der Waals surface area (Å²) in [7, 11) is 0. The first kappa shape index (κ1) is 15.6. The lowest BCUT2D eigenvalue weighted by molar-refractivity contribution is 0.497. The summed E-state index contributed by atoms with van der Waals surface area (Å²) in [6.07, 6.45) is 1.77. The van der Waals surface area contributed by atoms with Gasteiger partial charge in [0.2, 0.25) is 0 Å². The number of hydrogen-bond acceptors (Lipinski definition) is 1. The SMILES string of the molecule is CCNC(Cc1ccc(CC)cc1)c1ccc(F)c(F)c1. The molecule has 0 spiro atoms. The average Bonchev–Trinajstić information content (AvgIpc) is 2.50. The molecule has 0 aliphatic heterocycles. The molecule has 2 aromatic rings. The van der Waals surface area contributed by atoms with Gasteiger partial charge in [-0.3, -0.25) is 0 Å². The monoisotopic (exact) mass is 289 g/mol. The largest absolute Gasteiger partial charge is 0.310 e. The van der Waals surface area contributed by atoms with Crippen LogP contribution in [-0.4, -0.2) is 6.54 Å². The van der Waals surface area contributed by atoms with Gasteiger partial charge in [0.25, 0.3) is 0 Å². The molecule has 21 heavy (non-hydrogen) atoms. The van der Waals surface area contributed by atoms with Gasteiger partial charge in [-0.15, -0.1) is 0 Å². The van der Waals surface area contributed by atoms with Crippen LogP contribution in [-0.2, 0) is 12.8 Å². The van der Waals surface area contributed by atoms with Gasteiger partial charge in [-0.05, 0) is 48.2 Å². The summed E-state index contributed by atoms with van der Waals surface area (Å²) in [6.45, 7) is 4.90. The van der Waals surface area contributed by atoms with Crippen molar-refractivity contribution in [3.8, 4) is 0 Å². The molecule has 1 N–H and O–H groups in total. The van der Waals surface area contributed by atoms with Crippen LogP contribution >= 0.6 is 0 Å². The molecule has 1 nitrogen and oxygen atoms in total. The molecule has 0 radical (unpaired) electrons. The van der Waals surface area contributed by atoms with Crippen molar-refractivity contribution in [2.24, 2.45) is 0 Å². The third-order valence-corrected chi connectivity index (χ3v) is 3.67. The fourth-order valence-corrected chi connectivity index (χ4v) is 2.43. The lowest BCUT2D eigenvalue weighted by atomic mass is 9.97. The molecule has 0 bridgehead atoms. The summed E-state index contributed by atoms with van der Waals surface area (Å²) in [4.78, 5) is 0. The molecule has 1 unspecified atom stereocenters. The number of benzene rings is 2. The van der Waals surface area contributed by atoms with E-state index in [-0.39, 0.29) is 6.04 Å². The fourth-order valence-electron chi connectivity index (χ4n) is 2.43. The third kappa shape index (κ3) is 4.11. The number of rotatable bonds is 6. The molecule has 3 heteroatoms. The highest BCUT2D eigenvalue weighted by Crippen LogP contribution is 2.21. The van der Waals surface area contributed by atoms with E-state index in [4.69, 9.17) is 0 Å². The zero-order valence-corrected chi connectivity index (χ0v) is 12.5. The maximum atomic E-state index is 13.4. The maximum Gasteiger partial charge on any atom is 0.159 e. The highest BCUT2D eigenvalue weighted by atomic mass is 19.2. The molecule has 0 saturated heterocycles. The van der Waals surface area contributed by atoms with Crippen molar-refractivity contribution in [2.45, 2.75) is 32.7 Å². The standard InChI is InChI=1S/C18H21F2N/c1-3-13-5-7-14(8-6-13)11-18(21-4-2)15-9-10-16(19)17(20)12-15/h5-10,12,18,21H,3-4,11H2,1-2H3. The summed E-state index contributed by atoms with van der Waals surface area (Å²) in [5, 5.41) is 3.33. The summed E-state index contributed by atoms with van der Waals surface area (Å²) in [5.74, 6) is -1.60. The smallest absolute Gasteiger partial charge is 0.159 e. The highest BCUT2D eigenvalue weighted by Gasteiger charge is 2.13. The van der Waals surface area contributed by atoms with Gasteiger partial charge in [-0.2, -0.15) is 0 Å². The second-order valence-corrected chi connectivity index (χ2v) is 5.16. The Balaban J connectivity index is 2.19. The van der Waals surface area contributed by atoms with E-state index in [1.54, 1.807) is 6.07 Å². The van der Waals surface area contributed by atoms with Gasteiger partial charge in [0.1, 0.15) is 0 Å². The second-order valence-electron chi connectivity index (χ2n) is 5.16. The van der Waals surface area contributed by atoms with Crippen LogP contribution in [0.3, 0.4) is 0 Å². The lowest BCUT2D eigenvalue weighted by Crippen LogP contribution is -2.23. The van der Waals surface area contributed by atoms with E-state index in [0.29, 0.717) is 0 Å². The molecular weight excluding hydrogens is 268 g/mol. The van der Waals surface area contributed by atoms with Crippen LogP contribution in [0.2, 0.25) is 0 Å². The van der Waals surface area contributed by atoms with E-state index in [1.165, 1.54) is 23.3 Å². The van der Waals surface area contributed by atoms with Crippen LogP contribution in [0.15, 0.2) is 42.5 Å². The highest BCUT2D eigenvalue weighted by molar-refractivity contribution is 5.27. The number of hydrogen-bond donors (Lipinski definition) is 1. The number of likely N-dealkylation sites (N-methyl/N-ethyl adjacent to an activating group) is 1. The summed E-state index contributed by atoms with van der Waals surface area (Å²) in [6, 6.07) is 12.5. The van der Waals surface area contributed by atoms with Gasteiger partial charge in [-0.1, -0.05) is 44.2 Å². The first-order chi connectivity index (χ1) is 10.1. The van der Waals surface area contributed by atoms with Crippen molar-refractivity contribution in [1.29, 1.82) is 0 Å². The Morgan fingerprint density at radius 3 is 2.14 bits per heavy atom. The Morgan fingerprint density at radius 2 is 1.57 bits per heavy atom. The van der Waals surface area contributed by atoms with Gasteiger partial charge in [0, 0.05) is 6.04 Å². The second kappa shape index (κ2) is 7.32. The van der Waals surface area contributed by atoms with Crippen molar-refractivity contribution in [3.63, 3.8) is 0 Å². The molecular formula is C18H21F2N. The lowest BCUT2D eigenvalue weighted by Gasteiger charge is -2.19. The Hall–Kier alpha value is -1.74. The molecule has 0 saturated carbocycles. The zero-order valence-electron chi connectivity index (χ0n) is 12.5. The van der Waals surface area contributed by atoms with E-state index < -0.39 is 11.6 Å². The van der Waals surface area contributed by atoms with Gasteiger partial charge in [0.05, 0.1) is 0 Å². The van der Waals surface area contributed by atoms with Crippen molar-refractivity contribution >= 4 is 0 Å². The van der Waals surface area contributed by atoms with E-state index >= 15 is 0 Å². The number of aryl methyl sites for hydroxylation is 1. The summed E-state index contributed by atoms with van der Waals surface area (Å²) < 4.78 is 26.5. The first-order valence-corrected chi connectivity index (χ1v) is 7.40. The van der Waals surface area contributed by atoms with Crippen molar-refractivity contribution in [2.75, 3.05) is 6.54 Å². The van der Waals surface area contributed by atoms with Crippen LogP contribution in [0, 0.1) is 11.6 Å².